The Kier molecular flexibility index (Phi) is 7.84. The minimum absolute atomic E-state index is 0.0400. The quantitative estimate of drug-likeness (QED) is 0.526. The molecule has 1 atom stereocenters. The summed E-state index contributed by atoms with van der Waals surface area (Å²) in [4.78, 5) is 14.9. The Balaban J connectivity index is 1.76. The number of methoxy groups -OCH3 is 2. The minimum Gasteiger partial charge on any atom is -0.497 e. The third kappa shape index (κ3) is 5.86. The third-order valence-corrected chi connectivity index (χ3v) is 5.61. The van der Waals surface area contributed by atoms with Crippen LogP contribution in [0.3, 0.4) is 0 Å². The van der Waals surface area contributed by atoms with E-state index in [1.54, 1.807) is 26.4 Å². The molecule has 0 aromatic heterocycles. The molecule has 0 fully saturated rings. The SMILES string of the molecule is COc1ccc(C(NC(=O)CN(C)[C@H](C)c2ccc(F)cc2)c2ccc(OC)cc2)cc1. The van der Waals surface area contributed by atoms with Crippen molar-refractivity contribution in [3.8, 4) is 11.5 Å². The highest BCUT2D eigenvalue weighted by atomic mass is 19.1. The predicted octanol–water partition coefficient (Wildman–Crippen LogP) is 4.74. The summed E-state index contributed by atoms with van der Waals surface area (Å²) in [5, 5.41) is 3.15. The Labute approximate surface area is 188 Å². The number of halogens is 1. The molecule has 0 unspecified atom stereocenters. The van der Waals surface area contributed by atoms with Gasteiger partial charge in [-0.25, -0.2) is 4.39 Å². The number of hydrogen-bond acceptors (Lipinski definition) is 4. The topological polar surface area (TPSA) is 50.8 Å². The molecule has 0 heterocycles. The second-order valence-electron chi connectivity index (χ2n) is 7.69. The summed E-state index contributed by atoms with van der Waals surface area (Å²) in [5.74, 6) is 1.11. The fourth-order valence-electron chi connectivity index (χ4n) is 3.52. The number of nitrogens with one attached hydrogen (secondary N) is 1. The van der Waals surface area contributed by atoms with Crippen LogP contribution in [0.1, 0.15) is 35.7 Å². The maximum absolute atomic E-state index is 13.2. The highest BCUT2D eigenvalue weighted by Crippen LogP contribution is 2.26. The highest BCUT2D eigenvalue weighted by Gasteiger charge is 2.20. The smallest absolute Gasteiger partial charge is 0.234 e. The van der Waals surface area contributed by atoms with Gasteiger partial charge < -0.3 is 14.8 Å². The lowest BCUT2D eigenvalue weighted by Crippen LogP contribution is -2.38. The third-order valence-electron chi connectivity index (χ3n) is 5.61. The van der Waals surface area contributed by atoms with E-state index in [0.29, 0.717) is 0 Å². The molecule has 5 nitrogen and oxygen atoms in total. The number of hydrogen-bond donors (Lipinski definition) is 1. The molecule has 168 valence electrons. The number of amides is 1. The lowest BCUT2D eigenvalue weighted by atomic mass is 9.98. The second-order valence-corrected chi connectivity index (χ2v) is 7.69. The Morgan fingerprint density at radius 3 is 1.72 bits per heavy atom. The summed E-state index contributed by atoms with van der Waals surface area (Å²) >= 11 is 0. The first-order chi connectivity index (χ1) is 15.4. The van der Waals surface area contributed by atoms with Crippen LogP contribution in [0.5, 0.6) is 11.5 Å². The molecule has 32 heavy (non-hydrogen) atoms. The van der Waals surface area contributed by atoms with Gasteiger partial charge in [-0.1, -0.05) is 36.4 Å². The summed E-state index contributed by atoms with van der Waals surface area (Å²) in [5.41, 5.74) is 2.83. The molecule has 3 aromatic carbocycles. The van der Waals surface area contributed by atoms with Crippen molar-refractivity contribution in [2.75, 3.05) is 27.8 Å². The van der Waals surface area contributed by atoms with Crippen LogP contribution < -0.4 is 14.8 Å². The molecule has 0 saturated heterocycles. The molecular formula is C26H29FN2O3. The molecule has 0 aliphatic carbocycles. The van der Waals surface area contributed by atoms with Crippen LogP contribution in [0, 0.1) is 5.82 Å². The first kappa shape index (κ1) is 23.3. The van der Waals surface area contributed by atoms with Crippen LogP contribution in [0.25, 0.3) is 0 Å². The van der Waals surface area contributed by atoms with Crippen molar-refractivity contribution in [1.82, 2.24) is 10.2 Å². The maximum atomic E-state index is 13.2. The van der Waals surface area contributed by atoms with Gasteiger partial charge in [0, 0.05) is 6.04 Å². The molecule has 0 bridgehead atoms. The van der Waals surface area contributed by atoms with Crippen LogP contribution in [0.2, 0.25) is 0 Å². The number of ether oxygens (including phenoxy) is 2. The maximum Gasteiger partial charge on any atom is 0.234 e. The average molecular weight is 437 g/mol. The number of likely N-dealkylation sites (N-methyl/N-ethyl adjacent to an activating group) is 1. The van der Waals surface area contributed by atoms with Crippen molar-refractivity contribution in [2.24, 2.45) is 0 Å². The van der Waals surface area contributed by atoms with Crippen LogP contribution in [0.15, 0.2) is 72.8 Å². The van der Waals surface area contributed by atoms with E-state index in [4.69, 9.17) is 9.47 Å². The van der Waals surface area contributed by atoms with Crippen molar-refractivity contribution < 1.29 is 18.7 Å². The largest absolute Gasteiger partial charge is 0.497 e. The average Bonchev–Trinajstić information content (AvgIpc) is 2.82. The van der Waals surface area contributed by atoms with Gasteiger partial charge in [0.15, 0.2) is 0 Å². The van der Waals surface area contributed by atoms with Crippen LogP contribution in [-0.4, -0.2) is 38.6 Å². The molecular weight excluding hydrogens is 407 g/mol. The number of nitrogens with zero attached hydrogens (tertiary/aromatic N) is 1. The number of rotatable bonds is 9. The van der Waals surface area contributed by atoms with Crippen molar-refractivity contribution in [3.05, 3.63) is 95.3 Å². The van der Waals surface area contributed by atoms with Crippen LogP contribution >= 0.6 is 0 Å². The van der Waals surface area contributed by atoms with Gasteiger partial charge in [0.2, 0.25) is 5.91 Å². The summed E-state index contributed by atoms with van der Waals surface area (Å²) in [6.45, 7) is 2.19. The zero-order valence-corrected chi connectivity index (χ0v) is 18.8. The minimum atomic E-state index is -0.325. The monoisotopic (exact) mass is 436 g/mol. The lowest BCUT2D eigenvalue weighted by molar-refractivity contribution is -0.122. The zero-order chi connectivity index (χ0) is 23.1. The van der Waals surface area contributed by atoms with Crippen LogP contribution in [0.4, 0.5) is 4.39 Å². The van der Waals surface area contributed by atoms with Crippen molar-refractivity contribution in [1.29, 1.82) is 0 Å². The van der Waals surface area contributed by atoms with E-state index in [-0.39, 0.29) is 30.4 Å². The highest BCUT2D eigenvalue weighted by molar-refractivity contribution is 5.79. The van der Waals surface area contributed by atoms with Gasteiger partial charge in [0.25, 0.3) is 0 Å². The molecule has 1 amide bonds. The van der Waals surface area contributed by atoms with Gasteiger partial charge in [-0.3, -0.25) is 9.69 Å². The van der Waals surface area contributed by atoms with Crippen molar-refractivity contribution in [2.45, 2.75) is 19.0 Å². The predicted molar refractivity (Wildman–Crippen MR) is 123 cm³/mol. The molecule has 3 rings (SSSR count). The first-order valence-corrected chi connectivity index (χ1v) is 10.4. The fraction of sp³-hybridized carbons (Fsp3) is 0.269. The van der Waals surface area contributed by atoms with Gasteiger partial charge in [-0.15, -0.1) is 0 Å². The summed E-state index contributed by atoms with van der Waals surface area (Å²) in [7, 11) is 5.12. The van der Waals surface area contributed by atoms with E-state index in [2.05, 4.69) is 5.32 Å². The second kappa shape index (κ2) is 10.8. The summed E-state index contributed by atoms with van der Waals surface area (Å²) in [6, 6.07) is 21.3. The first-order valence-electron chi connectivity index (χ1n) is 10.4. The number of carbonyl (C=O) groups is 1. The molecule has 0 radical (unpaired) electrons. The van der Waals surface area contributed by atoms with E-state index >= 15 is 0 Å². The molecule has 1 N–H and O–H groups in total. The van der Waals surface area contributed by atoms with E-state index in [0.717, 1.165) is 28.2 Å². The van der Waals surface area contributed by atoms with E-state index in [1.165, 1.54) is 12.1 Å². The normalized spacial score (nSPS) is 12.0. The van der Waals surface area contributed by atoms with Gasteiger partial charge in [-0.2, -0.15) is 0 Å². The number of carbonyl (C=O) groups excluding carboxylic acids is 1. The van der Waals surface area contributed by atoms with Gasteiger partial charge in [0.05, 0.1) is 26.8 Å². The Morgan fingerprint density at radius 1 is 0.844 bits per heavy atom. The zero-order valence-electron chi connectivity index (χ0n) is 18.8. The molecule has 0 aliphatic rings. The van der Waals surface area contributed by atoms with Gasteiger partial charge in [-0.05, 0) is 67.1 Å². The fourth-order valence-corrected chi connectivity index (χ4v) is 3.52. The van der Waals surface area contributed by atoms with E-state index in [9.17, 15) is 9.18 Å². The summed E-state index contributed by atoms with van der Waals surface area (Å²) < 4.78 is 23.7. The molecule has 6 heteroatoms. The van der Waals surface area contributed by atoms with E-state index in [1.807, 2.05) is 67.4 Å². The summed E-state index contributed by atoms with van der Waals surface area (Å²) in [6.07, 6.45) is 0. The lowest BCUT2D eigenvalue weighted by Gasteiger charge is -2.26. The molecule has 0 saturated carbocycles. The standard InChI is InChI=1S/C26H29FN2O3/c1-18(19-5-11-22(27)12-6-19)29(2)17-25(30)28-26(20-7-13-23(31-3)14-8-20)21-9-15-24(32-4)16-10-21/h5-16,18,26H,17H2,1-4H3,(H,28,30)/t18-/m1/s1. The molecule has 3 aromatic rings. The van der Waals surface area contributed by atoms with Crippen molar-refractivity contribution in [3.63, 3.8) is 0 Å². The van der Waals surface area contributed by atoms with E-state index < -0.39 is 0 Å². The Bertz CT molecular complexity index is 957. The Morgan fingerprint density at radius 2 is 1.28 bits per heavy atom. The molecule has 0 aliphatic heterocycles. The Hall–Kier alpha value is -3.38. The molecule has 0 spiro atoms. The van der Waals surface area contributed by atoms with Crippen molar-refractivity contribution >= 4 is 5.91 Å². The number of benzene rings is 3. The van der Waals surface area contributed by atoms with Crippen LogP contribution in [-0.2, 0) is 4.79 Å². The van der Waals surface area contributed by atoms with Gasteiger partial charge in [0.1, 0.15) is 17.3 Å². The van der Waals surface area contributed by atoms with Gasteiger partial charge >= 0.3 is 0 Å².